The molecule has 0 aliphatic carbocycles. The molecule has 1 atom stereocenters. The van der Waals surface area contributed by atoms with Gasteiger partial charge in [-0.2, -0.15) is 0 Å². The van der Waals surface area contributed by atoms with Gasteiger partial charge in [-0.3, -0.25) is 4.79 Å². The van der Waals surface area contributed by atoms with E-state index in [1.54, 1.807) is 7.05 Å². The summed E-state index contributed by atoms with van der Waals surface area (Å²) in [5, 5.41) is 3.03. The Hall–Kier alpha value is -0.610. The lowest BCUT2D eigenvalue weighted by Gasteiger charge is -2.37. The Morgan fingerprint density at radius 2 is 2.06 bits per heavy atom. The van der Waals surface area contributed by atoms with Crippen LogP contribution in [0.1, 0.15) is 33.1 Å². The zero-order valence-corrected chi connectivity index (χ0v) is 10.8. The third-order valence-electron chi connectivity index (χ3n) is 3.92. The van der Waals surface area contributed by atoms with Crippen molar-refractivity contribution in [1.29, 1.82) is 0 Å². The van der Waals surface area contributed by atoms with Crippen molar-refractivity contribution in [2.75, 3.05) is 26.7 Å². The number of carbonyl (C=O) groups excluding carboxylic acids is 1. The fourth-order valence-corrected chi connectivity index (χ4v) is 2.28. The zero-order chi connectivity index (χ0) is 12.2. The predicted molar refractivity (Wildman–Crippen MR) is 66.1 cm³/mol. The maximum Gasteiger partial charge on any atom is 0.238 e. The van der Waals surface area contributed by atoms with E-state index in [1.165, 1.54) is 19.3 Å². The number of nitrogens with zero attached hydrogens (tertiary/aromatic N) is 1. The Balaban J connectivity index is 2.46. The van der Waals surface area contributed by atoms with E-state index in [0.29, 0.717) is 0 Å². The van der Waals surface area contributed by atoms with Crippen LogP contribution < -0.4 is 11.1 Å². The van der Waals surface area contributed by atoms with E-state index in [-0.39, 0.29) is 5.91 Å². The number of carbonyl (C=O) groups is 1. The monoisotopic (exact) mass is 227 g/mol. The second-order valence-electron chi connectivity index (χ2n) is 5.07. The van der Waals surface area contributed by atoms with Crippen molar-refractivity contribution in [1.82, 2.24) is 10.2 Å². The molecule has 4 nitrogen and oxygen atoms in total. The standard InChI is InChI=1S/C12H25N3O/c1-4-10-5-7-15(8-6-10)9-12(2,14-3)11(13)16/h10,14H,4-9H2,1-3H3,(H2,13,16). The normalized spacial score (nSPS) is 22.9. The number of amides is 1. The number of piperidine rings is 1. The van der Waals surface area contributed by atoms with E-state index in [9.17, 15) is 4.79 Å². The van der Waals surface area contributed by atoms with Crippen LogP contribution >= 0.6 is 0 Å². The second-order valence-corrected chi connectivity index (χ2v) is 5.07. The van der Waals surface area contributed by atoms with Crippen LogP contribution in [0.25, 0.3) is 0 Å². The van der Waals surface area contributed by atoms with E-state index >= 15 is 0 Å². The molecule has 0 radical (unpaired) electrons. The molecule has 0 aromatic heterocycles. The van der Waals surface area contributed by atoms with Gasteiger partial charge in [0.15, 0.2) is 0 Å². The molecule has 0 bridgehead atoms. The molecule has 1 heterocycles. The van der Waals surface area contributed by atoms with E-state index in [2.05, 4.69) is 17.1 Å². The second kappa shape index (κ2) is 5.64. The van der Waals surface area contributed by atoms with Crippen molar-refractivity contribution in [2.45, 2.75) is 38.6 Å². The van der Waals surface area contributed by atoms with Crippen molar-refractivity contribution in [3.8, 4) is 0 Å². The third-order valence-corrected chi connectivity index (χ3v) is 3.92. The smallest absolute Gasteiger partial charge is 0.238 e. The highest BCUT2D eigenvalue weighted by Gasteiger charge is 2.32. The molecule has 0 saturated carbocycles. The molecule has 94 valence electrons. The number of primary amides is 1. The van der Waals surface area contributed by atoms with Gasteiger partial charge in [0, 0.05) is 6.54 Å². The number of hydrogen-bond acceptors (Lipinski definition) is 3. The first-order chi connectivity index (χ1) is 7.51. The quantitative estimate of drug-likeness (QED) is 0.722. The van der Waals surface area contributed by atoms with Crippen LogP contribution in [0.4, 0.5) is 0 Å². The number of nitrogens with two attached hydrogens (primary N) is 1. The first-order valence-corrected chi connectivity index (χ1v) is 6.23. The van der Waals surface area contributed by atoms with Gasteiger partial charge in [-0.1, -0.05) is 13.3 Å². The van der Waals surface area contributed by atoms with Gasteiger partial charge in [0.05, 0.1) is 0 Å². The maximum absolute atomic E-state index is 11.4. The van der Waals surface area contributed by atoms with Gasteiger partial charge < -0.3 is 16.0 Å². The maximum atomic E-state index is 11.4. The van der Waals surface area contributed by atoms with Gasteiger partial charge in [0.2, 0.25) is 5.91 Å². The average molecular weight is 227 g/mol. The minimum absolute atomic E-state index is 0.271. The molecule has 1 saturated heterocycles. The summed E-state index contributed by atoms with van der Waals surface area (Å²) in [6.07, 6.45) is 3.76. The molecular formula is C12H25N3O. The van der Waals surface area contributed by atoms with Crippen molar-refractivity contribution >= 4 is 5.91 Å². The van der Waals surface area contributed by atoms with Gasteiger partial charge in [0.25, 0.3) is 0 Å². The van der Waals surface area contributed by atoms with Crippen LogP contribution in [0.5, 0.6) is 0 Å². The van der Waals surface area contributed by atoms with Gasteiger partial charge in [-0.25, -0.2) is 0 Å². The zero-order valence-electron chi connectivity index (χ0n) is 10.8. The van der Waals surface area contributed by atoms with Gasteiger partial charge in [-0.05, 0) is 45.8 Å². The number of likely N-dealkylation sites (N-methyl/N-ethyl adjacent to an activating group) is 1. The molecule has 1 aliphatic rings. The summed E-state index contributed by atoms with van der Waals surface area (Å²) >= 11 is 0. The van der Waals surface area contributed by atoms with Crippen LogP contribution in [0.2, 0.25) is 0 Å². The molecule has 3 N–H and O–H groups in total. The molecule has 1 aliphatic heterocycles. The highest BCUT2D eigenvalue weighted by Crippen LogP contribution is 2.21. The van der Waals surface area contributed by atoms with Crippen molar-refractivity contribution in [3.05, 3.63) is 0 Å². The molecule has 0 aromatic carbocycles. The molecule has 16 heavy (non-hydrogen) atoms. The number of rotatable bonds is 5. The molecule has 1 fully saturated rings. The Labute approximate surface area is 98.6 Å². The first kappa shape index (κ1) is 13.5. The lowest BCUT2D eigenvalue weighted by Crippen LogP contribution is -2.59. The van der Waals surface area contributed by atoms with Crippen LogP contribution in [0.3, 0.4) is 0 Å². The summed E-state index contributed by atoms with van der Waals surface area (Å²) < 4.78 is 0. The fraction of sp³-hybridized carbons (Fsp3) is 0.917. The largest absolute Gasteiger partial charge is 0.368 e. The summed E-state index contributed by atoms with van der Waals surface area (Å²) in [5.74, 6) is 0.596. The first-order valence-electron chi connectivity index (χ1n) is 6.23. The molecule has 0 spiro atoms. The summed E-state index contributed by atoms with van der Waals surface area (Å²) in [5.41, 5.74) is 4.83. The molecule has 1 amide bonds. The minimum atomic E-state index is -0.598. The summed E-state index contributed by atoms with van der Waals surface area (Å²) in [4.78, 5) is 13.7. The van der Waals surface area contributed by atoms with Crippen LogP contribution in [-0.4, -0.2) is 43.0 Å². The van der Waals surface area contributed by atoms with Gasteiger partial charge >= 0.3 is 0 Å². The molecular weight excluding hydrogens is 202 g/mol. The van der Waals surface area contributed by atoms with Crippen LogP contribution in [0.15, 0.2) is 0 Å². The van der Waals surface area contributed by atoms with Crippen molar-refractivity contribution < 1.29 is 4.79 Å². The lowest BCUT2D eigenvalue weighted by atomic mass is 9.92. The van der Waals surface area contributed by atoms with Gasteiger partial charge in [-0.15, -0.1) is 0 Å². The highest BCUT2D eigenvalue weighted by molar-refractivity contribution is 5.84. The van der Waals surface area contributed by atoms with Crippen LogP contribution in [-0.2, 0) is 4.79 Å². The van der Waals surface area contributed by atoms with E-state index in [0.717, 1.165) is 25.6 Å². The van der Waals surface area contributed by atoms with Gasteiger partial charge in [0.1, 0.15) is 5.54 Å². The number of likely N-dealkylation sites (tertiary alicyclic amines) is 1. The van der Waals surface area contributed by atoms with Crippen molar-refractivity contribution in [3.63, 3.8) is 0 Å². The lowest BCUT2D eigenvalue weighted by molar-refractivity contribution is -0.124. The van der Waals surface area contributed by atoms with Crippen LogP contribution in [0, 0.1) is 5.92 Å². The topological polar surface area (TPSA) is 58.4 Å². The molecule has 0 aromatic rings. The highest BCUT2D eigenvalue weighted by atomic mass is 16.1. The molecule has 4 heteroatoms. The van der Waals surface area contributed by atoms with Crippen molar-refractivity contribution in [2.24, 2.45) is 11.7 Å². The van der Waals surface area contributed by atoms with E-state index in [1.807, 2.05) is 6.92 Å². The predicted octanol–water partition coefficient (Wildman–Crippen LogP) is 0.572. The Kier molecular flexibility index (Phi) is 4.74. The SMILES string of the molecule is CCC1CCN(CC(C)(NC)C(N)=O)CC1. The minimum Gasteiger partial charge on any atom is -0.368 e. The Morgan fingerprint density at radius 1 is 1.50 bits per heavy atom. The summed E-state index contributed by atoms with van der Waals surface area (Å²) in [6, 6.07) is 0. The summed E-state index contributed by atoms with van der Waals surface area (Å²) in [7, 11) is 1.80. The van der Waals surface area contributed by atoms with E-state index in [4.69, 9.17) is 5.73 Å². The van der Waals surface area contributed by atoms with E-state index < -0.39 is 5.54 Å². The number of nitrogens with one attached hydrogen (secondary N) is 1. The summed E-state index contributed by atoms with van der Waals surface area (Å²) in [6.45, 7) is 7.02. The third kappa shape index (κ3) is 3.19. The average Bonchev–Trinajstić information content (AvgIpc) is 2.29. The number of hydrogen-bond donors (Lipinski definition) is 2. The Morgan fingerprint density at radius 3 is 2.44 bits per heavy atom. The Bertz CT molecular complexity index is 236. The molecule has 1 rings (SSSR count). The molecule has 1 unspecified atom stereocenters. The fourth-order valence-electron chi connectivity index (χ4n) is 2.28.